The summed E-state index contributed by atoms with van der Waals surface area (Å²) < 4.78 is 10.5. The molecule has 0 heterocycles. The van der Waals surface area contributed by atoms with E-state index < -0.39 is 0 Å². The molecule has 0 atom stereocenters. The molecule has 2 rings (SSSR count). The minimum Gasteiger partial charge on any atom is -0.497 e. The van der Waals surface area contributed by atoms with Crippen molar-refractivity contribution in [3.8, 4) is 11.5 Å². The Balaban J connectivity index is 2.16. The third-order valence-corrected chi connectivity index (χ3v) is 2.89. The minimum absolute atomic E-state index is 0.0902. The molecule has 0 aliphatic heterocycles. The average molecular weight is 286 g/mol. The van der Waals surface area contributed by atoms with E-state index in [1.165, 1.54) is 6.92 Å². The molecule has 0 aromatic heterocycles. The number of benzene rings is 2. The number of nitrogens with one attached hydrogen (secondary N) is 2. The Labute approximate surface area is 123 Å². The molecule has 0 fully saturated rings. The summed E-state index contributed by atoms with van der Waals surface area (Å²) in [6, 6.07) is 13.0. The lowest BCUT2D eigenvalue weighted by atomic mass is 10.2. The molecule has 21 heavy (non-hydrogen) atoms. The van der Waals surface area contributed by atoms with Gasteiger partial charge in [0.25, 0.3) is 0 Å². The number of hydrogen-bond acceptors (Lipinski definition) is 4. The van der Waals surface area contributed by atoms with Gasteiger partial charge in [0, 0.05) is 24.4 Å². The second-order valence-corrected chi connectivity index (χ2v) is 4.45. The normalized spacial score (nSPS) is 9.86. The van der Waals surface area contributed by atoms with Crippen molar-refractivity contribution in [3.05, 3.63) is 42.5 Å². The standard InChI is InChI=1S/C16H18N2O3/c1-11(19)17-12-4-6-13(7-5-12)18-15-9-8-14(20-2)10-16(15)21-3/h4-10,18H,1-3H3,(H,17,19). The Morgan fingerprint density at radius 3 is 2.19 bits per heavy atom. The van der Waals surface area contributed by atoms with Gasteiger partial charge in [-0.2, -0.15) is 0 Å². The van der Waals surface area contributed by atoms with Crippen molar-refractivity contribution in [3.63, 3.8) is 0 Å². The summed E-state index contributed by atoms with van der Waals surface area (Å²) in [7, 11) is 3.22. The van der Waals surface area contributed by atoms with Crippen LogP contribution in [0.15, 0.2) is 42.5 Å². The van der Waals surface area contributed by atoms with E-state index in [0.717, 1.165) is 22.8 Å². The number of carbonyl (C=O) groups is 1. The number of carbonyl (C=O) groups excluding carboxylic acids is 1. The van der Waals surface area contributed by atoms with Crippen LogP contribution in [-0.2, 0) is 4.79 Å². The Morgan fingerprint density at radius 1 is 0.952 bits per heavy atom. The van der Waals surface area contributed by atoms with Crippen LogP contribution in [0, 0.1) is 0 Å². The van der Waals surface area contributed by atoms with Gasteiger partial charge in [-0.15, -0.1) is 0 Å². The minimum atomic E-state index is -0.0902. The summed E-state index contributed by atoms with van der Waals surface area (Å²) in [5.74, 6) is 1.34. The maximum atomic E-state index is 11.0. The number of anilines is 3. The Morgan fingerprint density at radius 2 is 1.62 bits per heavy atom. The summed E-state index contributed by atoms with van der Waals surface area (Å²) in [6.07, 6.45) is 0. The first-order chi connectivity index (χ1) is 10.1. The van der Waals surface area contributed by atoms with Crippen LogP contribution >= 0.6 is 0 Å². The van der Waals surface area contributed by atoms with Crippen molar-refractivity contribution in [2.24, 2.45) is 0 Å². The monoisotopic (exact) mass is 286 g/mol. The summed E-state index contributed by atoms with van der Waals surface area (Å²) >= 11 is 0. The SMILES string of the molecule is COc1ccc(Nc2ccc(NC(C)=O)cc2)c(OC)c1. The highest BCUT2D eigenvalue weighted by Gasteiger charge is 2.05. The highest BCUT2D eigenvalue weighted by atomic mass is 16.5. The van der Waals surface area contributed by atoms with E-state index in [9.17, 15) is 4.79 Å². The molecular weight excluding hydrogens is 268 g/mol. The molecule has 0 unspecified atom stereocenters. The van der Waals surface area contributed by atoms with Crippen LogP contribution in [-0.4, -0.2) is 20.1 Å². The zero-order valence-corrected chi connectivity index (χ0v) is 12.3. The third-order valence-electron chi connectivity index (χ3n) is 2.89. The quantitative estimate of drug-likeness (QED) is 0.884. The molecule has 0 aliphatic rings. The van der Waals surface area contributed by atoms with E-state index in [1.54, 1.807) is 14.2 Å². The van der Waals surface area contributed by atoms with Gasteiger partial charge < -0.3 is 20.1 Å². The molecule has 0 aliphatic carbocycles. The van der Waals surface area contributed by atoms with E-state index in [2.05, 4.69) is 10.6 Å². The fourth-order valence-corrected chi connectivity index (χ4v) is 1.90. The van der Waals surface area contributed by atoms with Crippen LogP contribution in [0.2, 0.25) is 0 Å². The predicted octanol–water partition coefficient (Wildman–Crippen LogP) is 3.41. The van der Waals surface area contributed by atoms with Gasteiger partial charge in [0.2, 0.25) is 5.91 Å². The van der Waals surface area contributed by atoms with Gasteiger partial charge >= 0.3 is 0 Å². The van der Waals surface area contributed by atoms with Crippen molar-refractivity contribution in [1.82, 2.24) is 0 Å². The van der Waals surface area contributed by atoms with Crippen molar-refractivity contribution in [2.75, 3.05) is 24.9 Å². The van der Waals surface area contributed by atoms with Crippen LogP contribution in [0.4, 0.5) is 17.1 Å². The van der Waals surface area contributed by atoms with Crippen molar-refractivity contribution in [2.45, 2.75) is 6.92 Å². The van der Waals surface area contributed by atoms with Gasteiger partial charge in [-0.1, -0.05) is 0 Å². The first-order valence-corrected chi connectivity index (χ1v) is 6.49. The first-order valence-electron chi connectivity index (χ1n) is 6.49. The van der Waals surface area contributed by atoms with Crippen molar-refractivity contribution < 1.29 is 14.3 Å². The predicted molar refractivity (Wildman–Crippen MR) is 83.6 cm³/mol. The topological polar surface area (TPSA) is 59.6 Å². The third kappa shape index (κ3) is 3.89. The molecule has 0 saturated heterocycles. The maximum Gasteiger partial charge on any atom is 0.221 e. The lowest BCUT2D eigenvalue weighted by Crippen LogP contribution is -2.05. The lowest BCUT2D eigenvalue weighted by Gasteiger charge is -2.13. The highest BCUT2D eigenvalue weighted by Crippen LogP contribution is 2.31. The fraction of sp³-hybridized carbons (Fsp3) is 0.188. The Hall–Kier alpha value is -2.69. The van der Waals surface area contributed by atoms with Crippen LogP contribution in [0.3, 0.4) is 0 Å². The summed E-state index contributed by atoms with van der Waals surface area (Å²) in [4.78, 5) is 11.0. The van der Waals surface area contributed by atoms with E-state index in [1.807, 2.05) is 42.5 Å². The van der Waals surface area contributed by atoms with Crippen molar-refractivity contribution in [1.29, 1.82) is 0 Å². The fourth-order valence-electron chi connectivity index (χ4n) is 1.90. The molecule has 5 nitrogen and oxygen atoms in total. The summed E-state index contributed by atoms with van der Waals surface area (Å²) in [5, 5.41) is 5.99. The molecule has 0 saturated carbocycles. The first kappa shape index (κ1) is 14.7. The van der Waals surface area contributed by atoms with E-state index >= 15 is 0 Å². The van der Waals surface area contributed by atoms with Crippen LogP contribution in [0.5, 0.6) is 11.5 Å². The highest BCUT2D eigenvalue weighted by molar-refractivity contribution is 5.88. The molecule has 2 aromatic carbocycles. The molecular formula is C16H18N2O3. The molecule has 2 N–H and O–H groups in total. The van der Waals surface area contributed by atoms with E-state index in [4.69, 9.17) is 9.47 Å². The largest absolute Gasteiger partial charge is 0.497 e. The van der Waals surface area contributed by atoms with Crippen LogP contribution < -0.4 is 20.1 Å². The zero-order valence-electron chi connectivity index (χ0n) is 12.3. The van der Waals surface area contributed by atoms with Gasteiger partial charge in [0.15, 0.2) is 0 Å². The van der Waals surface area contributed by atoms with Gasteiger partial charge in [-0.25, -0.2) is 0 Å². The van der Waals surface area contributed by atoms with Gasteiger partial charge in [-0.05, 0) is 36.4 Å². The number of ether oxygens (including phenoxy) is 2. The lowest BCUT2D eigenvalue weighted by molar-refractivity contribution is -0.114. The second-order valence-electron chi connectivity index (χ2n) is 4.45. The summed E-state index contributed by atoms with van der Waals surface area (Å²) in [6.45, 7) is 1.48. The number of hydrogen-bond donors (Lipinski definition) is 2. The molecule has 0 spiro atoms. The molecule has 0 radical (unpaired) electrons. The number of amides is 1. The second kappa shape index (κ2) is 6.65. The Kier molecular flexibility index (Phi) is 4.66. The van der Waals surface area contributed by atoms with Crippen LogP contribution in [0.25, 0.3) is 0 Å². The molecule has 1 amide bonds. The molecule has 5 heteroatoms. The molecule has 0 bridgehead atoms. The van der Waals surface area contributed by atoms with Gasteiger partial charge in [0.1, 0.15) is 11.5 Å². The van der Waals surface area contributed by atoms with Gasteiger partial charge in [0.05, 0.1) is 19.9 Å². The maximum absolute atomic E-state index is 11.0. The average Bonchev–Trinajstić information content (AvgIpc) is 2.49. The van der Waals surface area contributed by atoms with Crippen molar-refractivity contribution >= 4 is 23.0 Å². The van der Waals surface area contributed by atoms with Gasteiger partial charge in [-0.3, -0.25) is 4.79 Å². The number of methoxy groups -OCH3 is 2. The molecule has 110 valence electrons. The molecule has 2 aromatic rings. The summed E-state index contributed by atoms with van der Waals surface area (Å²) in [5.41, 5.74) is 2.49. The van der Waals surface area contributed by atoms with E-state index in [-0.39, 0.29) is 5.91 Å². The van der Waals surface area contributed by atoms with E-state index in [0.29, 0.717) is 5.75 Å². The smallest absolute Gasteiger partial charge is 0.221 e. The Bertz CT molecular complexity index is 624. The van der Waals surface area contributed by atoms with Crippen LogP contribution in [0.1, 0.15) is 6.92 Å². The number of rotatable bonds is 5. The zero-order chi connectivity index (χ0) is 15.2.